The fourth-order valence-electron chi connectivity index (χ4n) is 6.03. The summed E-state index contributed by atoms with van der Waals surface area (Å²) in [5.41, 5.74) is 0.923. The first kappa shape index (κ1) is 32.8. The van der Waals surface area contributed by atoms with Crippen molar-refractivity contribution in [2.45, 2.75) is 77.8 Å². The molecule has 242 valence electrons. The predicted octanol–water partition coefficient (Wildman–Crippen LogP) is 6.22. The fraction of sp³-hybridized carbons (Fsp3) is 0.444. The molecule has 2 heterocycles. The molecule has 0 aromatic heterocycles. The van der Waals surface area contributed by atoms with Crippen LogP contribution >= 0.6 is 0 Å². The van der Waals surface area contributed by atoms with Gasteiger partial charge in [0.2, 0.25) is 0 Å². The number of hydrogen-bond acceptors (Lipinski definition) is 8. The third-order valence-corrected chi connectivity index (χ3v) is 9.97. The number of hydrogen-bond donors (Lipinski definition) is 0. The zero-order valence-corrected chi connectivity index (χ0v) is 28.6. The first-order valence-corrected chi connectivity index (χ1v) is 15.8. The topological polar surface area (TPSA) is 73.8 Å². The van der Waals surface area contributed by atoms with E-state index >= 15 is 0 Å². The second-order valence-electron chi connectivity index (χ2n) is 14.1. The molecule has 10 heteroatoms. The molecule has 2 aliphatic heterocycles. The first-order valence-electron chi connectivity index (χ1n) is 15.8. The Kier molecular flexibility index (Phi) is 8.45. The molecule has 0 amide bonds. The summed E-state index contributed by atoms with van der Waals surface area (Å²) >= 11 is 0. The molecule has 2 saturated heterocycles. The highest BCUT2D eigenvalue weighted by Gasteiger charge is 2.54. The molecule has 6 rings (SSSR count). The summed E-state index contributed by atoms with van der Waals surface area (Å²) in [6.45, 7) is 16.4. The van der Waals surface area contributed by atoms with Gasteiger partial charge in [0.1, 0.15) is 11.5 Å². The molecule has 4 aromatic carbocycles. The molecule has 0 bridgehead atoms. The lowest BCUT2D eigenvalue weighted by Crippen LogP contribution is -2.41. The molecule has 46 heavy (non-hydrogen) atoms. The molecule has 0 aliphatic carbocycles. The van der Waals surface area contributed by atoms with Crippen molar-refractivity contribution in [3.63, 3.8) is 0 Å². The van der Waals surface area contributed by atoms with Crippen molar-refractivity contribution in [1.29, 1.82) is 0 Å². The number of methoxy groups -OCH3 is 2. The van der Waals surface area contributed by atoms with E-state index in [1.54, 1.807) is 14.2 Å². The summed E-state index contributed by atoms with van der Waals surface area (Å²) in [5.74, 6) is 1.16. The van der Waals surface area contributed by atoms with Crippen LogP contribution in [0.25, 0.3) is 32.7 Å². The predicted molar refractivity (Wildman–Crippen MR) is 183 cm³/mol. The van der Waals surface area contributed by atoms with Crippen molar-refractivity contribution in [2.75, 3.05) is 27.8 Å². The summed E-state index contributed by atoms with van der Waals surface area (Å²) in [6, 6.07) is 20.6. The van der Waals surface area contributed by atoms with Gasteiger partial charge in [-0.05, 0) is 76.9 Å². The third kappa shape index (κ3) is 5.49. The Bertz CT molecular complexity index is 1610. The molecule has 0 atom stereocenters. The van der Waals surface area contributed by atoms with Crippen molar-refractivity contribution in [1.82, 2.24) is 0 Å². The standard InChI is InChI=1S/C36H44B2O8/c1-33(2)34(3,4)44-37(43-33)27-19-23-15-11-13-17-25(23)29(31(27)41-21-39-9)30-26-18-14-12-16-24(26)20-28(32(30)42-22-40-10)38-45-35(5,6)36(7,8)46-38/h11-20H,21-22H2,1-10H3. The number of benzene rings is 4. The van der Waals surface area contributed by atoms with E-state index < -0.39 is 36.6 Å². The van der Waals surface area contributed by atoms with Gasteiger partial charge in [-0.3, -0.25) is 0 Å². The lowest BCUT2D eigenvalue weighted by molar-refractivity contribution is 0.00578. The molecule has 0 spiro atoms. The number of ether oxygens (including phenoxy) is 4. The van der Waals surface area contributed by atoms with Gasteiger partial charge in [-0.2, -0.15) is 0 Å². The maximum atomic E-state index is 6.61. The maximum Gasteiger partial charge on any atom is 0.498 e. The first-order chi connectivity index (χ1) is 21.7. The normalized spacial score (nSPS) is 19.7. The minimum Gasteiger partial charge on any atom is -0.467 e. The second-order valence-corrected chi connectivity index (χ2v) is 14.1. The van der Waals surface area contributed by atoms with Crippen LogP contribution in [0.3, 0.4) is 0 Å². The van der Waals surface area contributed by atoms with Gasteiger partial charge in [-0.1, -0.05) is 60.7 Å². The highest BCUT2D eigenvalue weighted by Crippen LogP contribution is 2.47. The monoisotopic (exact) mass is 626 g/mol. The van der Waals surface area contributed by atoms with E-state index in [-0.39, 0.29) is 13.6 Å². The lowest BCUT2D eigenvalue weighted by Gasteiger charge is -2.32. The largest absolute Gasteiger partial charge is 0.498 e. The molecular formula is C36H44B2O8. The van der Waals surface area contributed by atoms with E-state index in [2.05, 4.69) is 36.4 Å². The van der Waals surface area contributed by atoms with Gasteiger partial charge in [0.05, 0.1) is 22.4 Å². The quantitative estimate of drug-likeness (QED) is 0.160. The second kappa shape index (κ2) is 11.8. The Morgan fingerprint density at radius 3 is 1.17 bits per heavy atom. The van der Waals surface area contributed by atoms with E-state index in [4.69, 9.17) is 37.6 Å². The average Bonchev–Trinajstić information content (AvgIpc) is 3.36. The van der Waals surface area contributed by atoms with Crippen LogP contribution in [0.5, 0.6) is 11.5 Å². The smallest absolute Gasteiger partial charge is 0.467 e. The van der Waals surface area contributed by atoms with Crippen LogP contribution in [0.15, 0.2) is 60.7 Å². The minimum atomic E-state index is -0.693. The van der Waals surface area contributed by atoms with Crippen LogP contribution in [-0.4, -0.2) is 64.4 Å². The molecular weight excluding hydrogens is 582 g/mol. The third-order valence-electron chi connectivity index (χ3n) is 9.97. The van der Waals surface area contributed by atoms with E-state index in [0.717, 1.165) is 43.6 Å². The van der Waals surface area contributed by atoms with Gasteiger partial charge in [-0.25, -0.2) is 0 Å². The molecule has 0 N–H and O–H groups in total. The summed E-state index contributed by atoms with van der Waals surface area (Å²) in [4.78, 5) is 0. The van der Waals surface area contributed by atoms with E-state index in [1.165, 1.54) is 0 Å². The zero-order valence-electron chi connectivity index (χ0n) is 28.6. The Morgan fingerprint density at radius 1 is 0.522 bits per heavy atom. The molecule has 0 unspecified atom stereocenters. The Labute approximate surface area is 272 Å². The van der Waals surface area contributed by atoms with Crippen LogP contribution in [-0.2, 0) is 28.1 Å². The van der Waals surface area contributed by atoms with Crippen LogP contribution in [0.2, 0.25) is 0 Å². The van der Waals surface area contributed by atoms with Gasteiger partial charge in [0.25, 0.3) is 0 Å². The number of fused-ring (bicyclic) bond motifs is 2. The molecule has 2 fully saturated rings. The van der Waals surface area contributed by atoms with Gasteiger partial charge in [0.15, 0.2) is 13.6 Å². The van der Waals surface area contributed by atoms with Gasteiger partial charge in [-0.15, -0.1) is 0 Å². The minimum absolute atomic E-state index is 0.0148. The Balaban J connectivity index is 1.72. The molecule has 0 radical (unpaired) electrons. The highest BCUT2D eigenvalue weighted by molar-refractivity contribution is 6.65. The summed E-state index contributed by atoms with van der Waals surface area (Å²) < 4.78 is 50.5. The van der Waals surface area contributed by atoms with Crippen LogP contribution in [0.1, 0.15) is 55.4 Å². The lowest BCUT2D eigenvalue weighted by atomic mass is 9.72. The summed E-state index contributed by atoms with van der Waals surface area (Å²) in [6.07, 6.45) is 0. The van der Waals surface area contributed by atoms with Gasteiger partial charge >= 0.3 is 14.2 Å². The van der Waals surface area contributed by atoms with Gasteiger partial charge in [0, 0.05) is 36.3 Å². The van der Waals surface area contributed by atoms with Crippen LogP contribution in [0, 0.1) is 0 Å². The molecule has 4 aromatic rings. The van der Waals surface area contributed by atoms with E-state index in [1.807, 2.05) is 79.7 Å². The van der Waals surface area contributed by atoms with E-state index in [9.17, 15) is 0 Å². The zero-order chi connectivity index (χ0) is 33.1. The molecule has 8 nitrogen and oxygen atoms in total. The molecule has 2 aliphatic rings. The van der Waals surface area contributed by atoms with E-state index in [0.29, 0.717) is 11.5 Å². The summed E-state index contributed by atoms with van der Waals surface area (Å²) in [7, 11) is 1.83. The van der Waals surface area contributed by atoms with Crippen molar-refractivity contribution in [2.24, 2.45) is 0 Å². The van der Waals surface area contributed by atoms with Crippen molar-refractivity contribution < 1.29 is 37.6 Å². The summed E-state index contributed by atoms with van der Waals surface area (Å²) in [5, 5.41) is 3.92. The Morgan fingerprint density at radius 2 is 0.848 bits per heavy atom. The van der Waals surface area contributed by atoms with Crippen LogP contribution in [0.4, 0.5) is 0 Å². The van der Waals surface area contributed by atoms with Gasteiger partial charge < -0.3 is 37.6 Å². The SMILES string of the molecule is COCOc1c(B2OC(C)(C)C(C)(C)O2)cc2ccccc2c1-c1c(OCOC)c(B2OC(C)(C)C(C)(C)O2)cc2ccccc12. The molecule has 0 saturated carbocycles. The van der Waals surface area contributed by atoms with Crippen molar-refractivity contribution in [3.8, 4) is 22.6 Å². The fourth-order valence-corrected chi connectivity index (χ4v) is 6.03. The van der Waals surface area contributed by atoms with Crippen LogP contribution < -0.4 is 20.4 Å². The highest BCUT2D eigenvalue weighted by atomic mass is 16.7. The maximum absolute atomic E-state index is 6.61. The van der Waals surface area contributed by atoms with Crippen molar-refractivity contribution >= 4 is 46.7 Å². The Hall–Kier alpha value is -3.11. The van der Waals surface area contributed by atoms with Crippen molar-refractivity contribution in [3.05, 3.63) is 60.7 Å². The average molecular weight is 626 g/mol. The number of rotatable bonds is 9.